The monoisotopic (exact) mass is 398 g/mol. The number of benzene rings is 2. The van der Waals surface area contributed by atoms with Crippen LogP contribution in [0.15, 0.2) is 53.5 Å². The molecule has 2 aromatic carbocycles. The highest BCUT2D eigenvalue weighted by atomic mass is 35.5. The van der Waals surface area contributed by atoms with Gasteiger partial charge in [-0.05, 0) is 36.8 Å². The number of fused-ring (bicyclic) bond motifs is 1. The Morgan fingerprint density at radius 2 is 1.85 bits per heavy atom. The number of carbonyl (C=O) groups excluding carboxylic acids is 1. The highest BCUT2D eigenvalue weighted by molar-refractivity contribution is 6.40. The number of rotatable bonds is 3. The number of hydrazine groups is 1. The molecule has 3 aromatic rings. The van der Waals surface area contributed by atoms with Crippen molar-refractivity contribution in [3.05, 3.63) is 69.8 Å². The summed E-state index contributed by atoms with van der Waals surface area (Å²) in [6.07, 6.45) is 1.62. The van der Waals surface area contributed by atoms with Crippen molar-refractivity contribution in [1.82, 2.24) is 9.99 Å². The van der Waals surface area contributed by atoms with Gasteiger partial charge in [-0.2, -0.15) is 0 Å². The molecule has 2 heterocycles. The van der Waals surface area contributed by atoms with Crippen molar-refractivity contribution in [3.63, 3.8) is 0 Å². The lowest BCUT2D eigenvalue weighted by molar-refractivity contribution is 0.0939. The number of aliphatic imine (C=N–C) groups is 1. The van der Waals surface area contributed by atoms with Crippen molar-refractivity contribution in [2.75, 3.05) is 18.1 Å². The van der Waals surface area contributed by atoms with Gasteiger partial charge in [0.05, 0.1) is 28.7 Å². The molecule has 0 saturated heterocycles. The molecule has 0 saturated carbocycles. The van der Waals surface area contributed by atoms with E-state index in [0.29, 0.717) is 34.5 Å². The van der Waals surface area contributed by atoms with Crippen LogP contribution in [0.25, 0.3) is 10.9 Å². The first-order valence-corrected chi connectivity index (χ1v) is 9.23. The Kier molecular flexibility index (Phi) is 4.72. The van der Waals surface area contributed by atoms with Crippen LogP contribution in [0, 0.1) is 6.92 Å². The Morgan fingerprint density at radius 3 is 2.56 bits per heavy atom. The predicted octanol–water partition coefficient (Wildman–Crippen LogP) is 4.76. The van der Waals surface area contributed by atoms with Gasteiger partial charge in [-0.25, -0.2) is 9.99 Å². The lowest BCUT2D eigenvalue weighted by Crippen LogP contribution is -2.46. The van der Waals surface area contributed by atoms with E-state index in [-0.39, 0.29) is 5.91 Å². The third-order valence-corrected chi connectivity index (χ3v) is 5.02. The van der Waals surface area contributed by atoms with Crippen molar-refractivity contribution >= 4 is 52.0 Å². The van der Waals surface area contributed by atoms with Crippen LogP contribution < -0.4 is 5.01 Å². The lowest BCUT2D eigenvalue weighted by Gasteiger charge is -2.31. The standard InChI is InChI=1S/C20H16Cl2N4O/c1-13-11-18(24-17-8-3-2-5-14(13)17)20(27)26(25-10-9-23-12-25)19-15(21)6-4-7-16(19)22/h2-8,11-12H,9-10H2,1H3. The fraction of sp³-hybridized carbons (Fsp3) is 0.150. The van der Waals surface area contributed by atoms with Gasteiger partial charge in [-0.1, -0.05) is 47.5 Å². The topological polar surface area (TPSA) is 48.8 Å². The average molecular weight is 399 g/mol. The van der Waals surface area contributed by atoms with Gasteiger partial charge >= 0.3 is 0 Å². The van der Waals surface area contributed by atoms with Crippen molar-refractivity contribution in [3.8, 4) is 0 Å². The number of nitrogens with zero attached hydrogens (tertiary/aromatic N) is 4. The first-order valence-electron chi connectivity index (χ1n) is 8.47. The van der Waals surface area contributed by atoms with Crippen LogP contribution in [0.2, 0.25) is 10.0 Å². The fourth-order valence-electron chi connectivity index (χ4n) is 3.13. The summed E-state index contributed by atoms with van der Waals surface area (Å²) >= 11 is 12.8. The van der Waals surface area contributed by atoms with E-state index in [2.05, 4.69) is 9.98 Å². The SMILES string of the molecule is Cc1cc(C(=O)N(c2c(Cl)cccc2Cl)N2C=NCC2)nc2ccccc12. The first-order chi connectivity index (χ1) is 13.1. The molecule has 136 valence electrons. The number of hydrogen-bond acceptors (Lipinski definition) is 4. The molecule has 27 heavy (non-hydrogen) atoms. The minimum atomic E-state index is -0.313. The number of pyridine rings is 1. The smallest absolute Gasteiger partial charge is 0.272 e. The lowest BCUT2D eigenvalue weighted by atomic mass is 10.1. The number of carbonyl (C=O) groups is 1. The fourth-order valence-corrected chi connectivity index (χ4v) is 3.68. The molecule has 0 fully saturated rings. The van der Waals surface area contributed by atoms with Crippen molar-refractivity contribution in [2.24, 2.45) is 4.99 Å². The van der Waals surface area contributed by atoms with E-state index in [9.17, 15) is 4.79 Å². The number of amides is 1. The molecule has 7 heteroatoms. The largest absolute Gasteiger partial charge is 0.295 e. The average Bonchev–Trinajstić information content (AvgIpc) is 3.18. The molecule has 5 nitrogen and oxygen atoms in total. The second kappa shape index (κ2) is 7.18. The Bertz CT molecular complexity index is 1050. The summed E-state index contributed by atoms with van der Waals surface area (Å²) in [5, 5.41) is 4.95. The number of aryl methyl sites for hydroxylation is 1. The molecule has 0 unspecified atom stereocenters. The molecule has 4 rings (SSSR count). The summed E-state index contributed by atoms with van der Waals surface area (Å²) in [5.74, 6) is -0.313. The minimum absolute atomic E-state index is 0.313. The summed E-state index contributed by atoms with van der Waals surface area (Å²) in [5.41, 5.74) is 2.49. The van der Waals surface area contributed by atoms with Gasteiger partial charge in [0.25, 0.3) is 5.91 Å². The van der Waals surface area contributed by atoms with E-state index >= 15 is 0 Å². The van der Waals surface area contributed by atoms with Crippen molar-refractivity contribution in [1.29, 1.82) is 0 Å². The number of aromatic nitrogens is 1. The second-order valence-corrected chi connectivity index (χ2v) is 7.03. The zero-order valence-corrected chi connectivity index (χ0v) is 16.1. The molecule has 0 N–H and O–H groups in total. The molecule has 0 atom stereocenters. The van der Waals surface area contributed by atoms with Crippen LogP contribution in [0.1, 0.15) is 16.1 Å². The molecular formula is C20H16Cl2N4O. The molecule has 1 aliphatic heterocycles. The molecule has 0 spiro atoms. The highest BCUT2D eigenvalue weighted by Gasteiger charge is 2.29. The van der Waals surface area contributed by atoms with E-state index in [4.69, 9.17) is 23.2 Å². The van der Waals surface area contributed by atoms with Crippen LogP contribution in [0.3, 0.4) is 0 Å². The van der Waals surface area contributed by atoms with Crippen LogP contribution in [-0.2, 0) is 0 Å². The van der Waals surface area contributed by atoms with E-state index < -0.39 is 0 Å². The van der Waals surface area contributed by atoms with Gasteiger partial charge in [0, 0.05) is 5.39 Å². The molecule has 1 aliphatic rings. The zero-order valence-electron chi connectivity index (χ0n) is 14.6. The van der Waals surface area contributed by atoms with Gasteiger partial charge in [-0.15, -0.1) is 0 Å². The van der Waals surface area contributed by atoms with Crippen LogP contribution in [0.5, 0.6) is 0 Å². The summed E-state index contributed by atoms with van der Waals surface area (Å²) in [4.78, 5) is 22.3. The Balaban J connectivity index is 1.86. The summed E-state index contributed by atoms with van der Waals surface area (Å²) < 4.78 is 0. The quantitative estimate of drug-likeness (QED) is 0.638. The van der Waals surface area contributed by atoms with Gasteiger partial charge in [0.1, 0.15) is 17.7 Å². The molecule has 0 radical (unpaired) electrons. The number of hydrogen-bond donors (Lipinski definition) is 0. The maximum absolute atomic E-state index is 13.5. The Labute approximate surface area is 166 Å². The summed E-state index contributed by atoms with van der Waals surface area (Å²) in [7, 11) is 0. The summed E-state index contributed by atoms with van der Waals surface area (Å²) in [6.45, 7) is 3.11. The Morgan fingerprint density at radius 1 is 1.11 bits per heavy atom. The van der Waals surface area contributed by atoms with Crippen LogP contribution in [0.4, 0.5) is 5.69 Å². The molecule has 1 amide bonds. The van der Waals surface area contributed by atoms with Crippen molar-refractivity contribution < 1.29 is 4.79 Å². The second-order valence-electron chi connectivity index (χ2n) is 6.21. The van der Waals surface area contributed by atoms with E-state index in [1.54, 1.807) is 35.6 Å². The maximum atomic E-state index is 13.5. The van der Waals surface area contributed by atoms with E-state index in [0.717, 1.165) is 16.5 Å². The molecule has 0 aliphatic carbocycles. The third kappa shape index (κ3) is 3.24. The third-order valence-electron chi connectivity index (χ3n) is 4.41. The van der Waals surface area contributed by atoms with Crippen LogP contribution in [-0.4, -0.2) is 35.3 Å². The molecule has 1 aromatic heterocycles. The highest BCUT2D eigenvalue weighted by Crippen LogP contribution is 2.35. The van der Waals surface area contributed by atoms with E-state index in [1.807, 2.05) is 31.2 Å². The Hall–Kier alpha value is -2.63. The van der Waals surface area contributed by atoms with E-state index in [1.165, 1.54) is 5.01 Å². The minimum Gasteiger partial charge on any atom is -0.272 e. The molecular weight excluding hydrogens is 383 g/mol. The van der Waals surface area contributed by atoms with Gasteiger partial charge in [0.2, 0.25) is 0 Å². The number of anilines is 1. The first kappa shape index (κ1) is 17.8. The van der Waals surface area contributed by atoms with Gasteiger partial charge in [0.15, 0.2) is 0 Å². The number of para-hydroxylation sites is 2. The molecule has 0 bridgehead atoms. The van der Waals surface area contributed by atoms with Gasteiger partial charge in [-0.3, -0.25) is 14.8 Å². The normalized spacial score (nSPS) is 13.4. The zero-order chi connectivity index (χ0) is 19.0. The predicted molar refractivity (Wildman–Crippen MR) is 110 cm³/mol. The number of halogens is 2. The maximum Gasteiger partial charge on any atom is 0.295 e. The van der Waals surface area contributed by atoms with Crippen molar-refractivity contribution in [2.45, 2.75) is 6.92 Å². The van der Waals surface area contributed by atoms with Crippen LogP contribution >= 0.6 is 23.2 Å². The summed E-state index contributed by atoms with van der Waals surface area (Å²) in [6, 6.07) is 14.7. The van der Waals surface area contributed by atoms with Gasteiger partial charge < -0.3 is 0 Å².